The Morgan fingerprint density at radius 1 is 1.18 bits per heavy atom. The molecule has 2 heterocycles. The molecule has 2 aromatic carbocycles. The first-order chi connectivity index (χ1) is 13.3. The van der Waals surface area contributed by atoms with Gasteiger partial charge in [0.1, 0.15) is 5.75 Å². The Bertz CT molecular complexity index is 1120. The molecule has 5 nitrogen and oxygen atoms in total. The summed E-state index contributed by atoms with van der Waals surface area (Å²) in [5.41, 5.74) is 4.82. The van der Waals surface area contributed by atoms with Gasteiger partial charge in [0.25, 0.3) is 5.91 Å². The van der Waals surface area contributed by atoms with Crippen molar-refractivity contribution < 1.29 is 9.90 Å². The highest BCUT2D eigenvalue weighted by Gasteiger charge is 2.25. The van der Waals surface area contributed by atoms with Gasteiger partial charge in [-0.3, -0.25) is 4.79 Å². The summed E-state index contributed by atoms with van der Waals surface area (Å²) in [6, 6.07) is 9.39. The summed E-state index contributed by atoms with van der Waals surface area (Å²) in [5.74, 6) is -0.0272. The minimum absolute atomic E-state index is 0.126. The van der Waals surface area contributed by atoms with Crippen molar-refractivity contribution in [1.29, 1.82) is 0 Å². The van der Waals surface area contributed by atoms with Crippen LogP contribution in [0.4, 0.5) is 10.8 Å². The molecule has 28 heavy (non-hydrogen) atoms. The van der Waals surface area contributed by atoms with Gasteiger partial charge >= 0.3 is 0 Å². The van der Waals surface area contributed by atoms with Gasteiger partial charge in [-0.05, 0) is 67.8 Å². The minimum Gasteiger partial charge on any atom is -0.506 e. The van der Waals surface area contributed by atoms with Crippen molar-refractivity contribution in [2.24, 2.45) is 0 Å². The van der Waals surface area contributed by atoms with Gasteiger partial charge in [-0.15, -0.1) is 11.3 Å². The van der Waals surface area contributed by atoms with Crippen LogP contribution < -0.4 is 10.2 Å². The van der Waals surface area contributed by atoms with Crippen molar-refractivity contribution in [2.75, 3.05) is 24.3 Å². The van der Waals surface area contributed by atoms with Crippen molar-refractivity contribution in [3.05, 3.63) is 55.8 Å². The summed E-state index contributed by atoms with van der Waals surface area (Å²) in [6.07, 6.45) is 1.81. The molecule has 1 aliphatic rings. The van der Waals surface area contributed by atoms with E-state index in [4.69, 9.17) is 0 Å². The fourth-order valence-electron chi connectivity index (χ4n) is 2.93. The summed E-state index contributed by atoms with van der Waals surface area (Å²) in [6.45, 7) is 0. The van der Waals surface area contributed by atoms with Gasteiger partial charge in [0.15, 0.2) is 5.13 Å². The Hall–Kier alpha value is -2.16. The van der Waals surface area contributed by atoms with E-state index >= 15 is 0 Å². The number of aromatic nitrogens is 1. The van der Waals surface area contributed by atoms with Crippen LogP contribution in [0.3, 0.4) is 0 Å². The summed E-state index contributed by atoms with van der Waals surface area (Å²) < 4.78 is 1.11. The lowest BCUT2D eigenvalue weighted by Crippen LogP contribution is -2.07. The number of rotatable bonds is 3. The van der Waals surface area contributed by atoms with Crippen molar-refractivity contribution >= 4 is 71.6 Å². The van der Waals surface area contributed by atoms with Crippen LogP contribution in [0.2, 0.25) is 0 Å². The predicted octanol–water partition coefficient (Wildman–Crippen LogP) is 5.60. The van der Waals surface area contributed by atoms with Gasteiger partial charge in [-0.2, -0.15) is 0 Å². The van der Waals surface area contributed by atoms with Crippen LogP contribution in [0.1, 0.15) is 11.1 Å². The maximum atomic E-state index is 12.5. The molecule has 0 saturated carbocycles. The van der Waals surface area contributed by atoms with E-state index in [1.807, 2.05) is 48.7 Å². The molecule has 2 N–H and O–H groups in total. The molecule has 1 aromatic heterocycles. The highest BCUT2D eigenvalue weighted by molar-refractivity contribution is 9.11. The van der Waals surface area contributed by atoms with Crippen molar-refractivity contribution in [1.82, 2.24) is 4.98 Å². The SMILES string of the molecule is CN(C)c1nc(-c2ccc3c(c2)/C(=C/c2cc(Br)c(O)c(Br)c2)C(=O)N3)cs1. The molecule has 0 saturated heterocycles. The first kappa shape index (κ1) is 19.2. The zero-order chi connectivity index (χ0) is 20.0. The summed E-state index contributed by atoms with van der Waals surface area (Å²) >= 11 is 8.23. The number of hydrogen-bond acceptors (Lipinski definition) is 5. The van der Waals surface area contributed by atoms with Crippen molar-refractivity contribution in [2.45, 2.75) is 0 Å². The Morgan fingerprint density at radius 3 is 2.54 bits per heavy atom. The standard InChI is InChI=1S/C20H15Br2N3O2S/c1-25(2)20-24-17(9-28-20)11-3-4-16-12(8-11)13(19(27)23-16)5-10-6-14(21)18(26)15(22)7-10/h3-9,26H,1-2H3,(H,23,27)/b13-5-. The third-order valence-electron chi connectivity index (χ3n) is 4.32. The number of phenols is 1. The van der Waals surface area contributed by atoms with Crippen LogP contribution in [-0.4, -0.2) is 30.1 Å². The summed E-state index contributed by atoms with van der Waals surface area (Å²) in [5, 5.41) is 15.7. The van der Waals surface area contributed by atoms with Crippen LogP contribution in [-0.2, 0) is 4.79 Å². The zero-order valence-corrected chi connectivity index (χ0v) is 18.9. The molecule has 0 spiro atoms. The lowest BCUT2D eigenvalue weighted by atomic mass is 10.0. The molecule has 0 aliphatic carbocycles. The van der Waals surface area contributed by atoms with Crippen molar-refractivity contribution in [3.8, 4) is 17.0 Å². The monoisotopic (exact) mass is 519 g/mol. The maximum Gasteiger partial charge on any atom is 0.256 e. The van der Waals surface area contributed by atoms with Crippen LogP contribution in [0.25, 0.3) is 22.9 Å². The van der Waals surface area contributed by atoms with Crippen LogP contribution >= 0.6 is 43.2 Å². The van der Waals surface area contributed by atoms with Gasteiger partial charge in [0.2, 0.25) is 0 Å². The van der Waals surface area contributed by atoms with Crippen LogP contribution in [0.5, 0.6) is 5.75 Å². The Morgan fingerprint density at radius 2 is 1.89 bits per heavy atom. The molecule has 8 heteroatoms. The van der Waals surface area contributed by atoms with E-state index in [-0.39, 0.29) is 11.7 Å². The van der Waals surface area contributed by atoms with E-state index in [1.54, 1.807) is 23.5 Å². The third-order valence-corrected chi connectivity index (χ3v) is 6.54. The second-order valence-corrected chi connectivity index (χ2v) is 9.06. The van der Waals surface area contributed by atoms with Gasteiger partial charge in [0.05, 0.1) is 14.6 Å². The Labute approximate surface area is 183 Å². The zero-order valence-electron chi connectivity index (χ0n) is 15.0. The van der Waals surface area contributed by atoms with Crippen LogP contribution in [0.15, 0.2) is 44.7 Å². The molecule has 0 unspecified atom stereocenters. The highest BCUT2D eigenvalue weighted by atomic mass is 79.9. The minimum atomic E-state index is -0.153. The first-order valence-electron chi connectivity index (χ1n) is 8.32. The molecule has 4 rings (SSSR count). The number of hydrogen-bond donors (Lipinski definition) is 2. The third kappa shape index (κ3) is 3.47. The lowest BCUT2D eigenvalue weighted by molar-refractivity contribution is -0.110. The second-order valence-electron chi connectivity index (χ2n) is 6.52. The van der Waals surface area contributed by atoms with Gasteiger partial charge in [-0.1, -0.05) is 6.07 Å². The van der Waals surface area contributed by atoms with Crippen LogP contribution in [0, 0.1) is 0 Å². The number of carbonyl (C=O) groups excluding carboxylic acids is 1. The largest absolute Gasteiger partial charge is 0.506 e. The molecule has 142 valence electrons. The molecule has 3 aromatic rings. The average Bonchev–Trinajstić information content (AvgIpc) is 3.25. The Balaban J connectivity index is 1.78. The number of aromatic hydroxyl groups is 1. The quantitative estimate of drug-likeness (QED) is 0.441. The molecular weight excluding hydrogens is 506 g/mol. The molecule has 1 amide bonds. The van der Waals surface area contributed by atoms with E-state index < -0.39 is 0 Å². The average molecular weight is 521 g/mol. The normalized spacial score (nSPS) is 14.3. The number of carbonyl (C=O) groups is 1. The molecule has 1 aliphatic heterocycles. The lowest BCUT2D eigenvalue weighted by Gasteiger charge is -2.06. The molecular formula is C20H15Br2N3O2S. The van der Waals surface area contributed by atoms with Crippen molar-refractivity contribution in [3.63, 3.8) is 0 Å². The molecule has 0 radical (unpaired) electrons. The predicted molar refractivity (Wildman–Crippen MR) is 122 cm³/mol. The number of anilines is 2. The second kappa shape index (κ2) is 7.35. The smallest absolute Gasteiger partial charge is 0.256 e. The fourth-order valence-corrected chi connectivity index (χ4v) is 4.92. The maximum absolute atomic E-state index is 12.5. The van der Waals surface area contributed by atoms with E-state index in [9.17, 15) is 9.90 Å². The molecule has 0 atom stereocenters. The number of halogens is 2. The van der Waals surface area contributed by atoms with E-state index in [2.05, 4.69) is 42.2 Å². The number of nitrogens with one attached hydrogen (secondary N) is 1. The fraction of sp³-hybridized carbons (Fsp3) is 0.100. The number of thiazole rings is 1. The van der Waals surface area contributed by atoms with E-state index in [0.29, 0.717) is 14.5 Å². The first-order valence-corrected chi connectivity index (χ1v) is 10.8. The van der Waals surface area contributed by atoms with Gasteiger partial charge in [-0.25, -0.2) is 4.98 Å². The number of benzene rings is 2. The number of fused-ring (bicyclic) bond motifs is 1. The summed E-state index contributed by atoms with van der Waals surface area (Å²) in [4.78, 5) is 19.2. The number of nitrogens with zero attached hydrogens (tertiary/aromatic N) is 2. The molecule has 0 bridgehead atoms. The number of phenolic OH excluding ortho intramolecular Hbond substituents is 1. The van der Waals surface area contributed by atoms with E-state index in [1.165, 1.54) is 0 Å². The van der Waals surface area contributed by atoms with Gasteiger partial charge < -0.3 is 15.3 Å². The number of amides is 1. The Kier molecular flexibility index (Phi) is 5.03. The van der Waals surface area contributed by atoms with Gasteiger partial charge in [0, 0.05) is 41.9 Å². The van der Waals surface area contributed by atoms with E-state index in [0.717, 1.165) is 33.2 Å². The topological polar surface area (TPSA) is 65.5 Å². The highest BCUT2D eigenvalue weighted by Crippen LogP contribution is 2.39. The summed E-state index contributed by atoms with van der Waals surface area (Å²) in [7, 11) is 3.92. The molecule has 0 fully saturated rings.